The summed E-state index contributed by atoms with van der Waals surface area (Å²) >= 11 is 27.3. The number of anilines is 1. The van der Waals surface area contributed by atoms with E-state index < -0.39 is 15.9 Å². The summed E-state index contributed by atoms with van der Waals surface area (Å²) in [6, 6.07) is 26.2. The third-order valence-electron chi connectivity index (χ3n) is 4.50. The Balaban J connectivity index is 1.80. The van der Waals surface area contributed by atoms with E-state index in [0.717, 1.165) is 21.3 Å². The van der Waals surface area contributed by atoms with Crippen LogP contribution >= 0.6 is 63.0 Å². The lowest BCUT2D eigenvalue weighted by atomic mass is 9.90. The highest BCUT2D eigenvalue weighted by Crippen LogP contribution is 2.31. The fraction of sp³-hybridized carbons (Fsp3) is 0.130. The zero-order valence-corrected chi connectivity index (χ0v) is 21.2. The SMILES string of the molecule is O=C(N[C@@H](NC(=S)Nc1cccc(Br)c1)C(Cl)(Cl)Cl)C(c1ccccc1)c1ccccc1. The van der Waals surface area contributed by atoms with E-state index in [2.05, 4.69) is 31.9 Å². The molecule has 0 fully saturated rings. The summed E-state index contributed by atoms with van der Waals surface area (Å²) in [5.74, 6) is -0.933. The van der Waals surface area contributed by atoms with Crippen LogP contribution in [0.2, 0.25) is 0 Å². The van der Waals surface area contributed by atoms with E-state index in [9.17, 15) is 4.79 Å². The van der Waals surface area contributed by atoms with E-state index in [1.807, 2.05) is 84.9 Å². The highest BCUT2D eigenvalue weighted by atomic mass is 79.9. The van der Waals surface area contributed by atoms with Crippen molar-refractivity contribution in [1.29, 1.82) is 0 Å². The lowest BCUT2D eigenvalue weighted by Crippen LogP contribution is -2.57. The van der Waals surface area contributed by atoms with E-state index in [4.69, 9.17) is 47.0 Å². The Kier molecular flexibility index (Phi) is 8.79. The molecule has 32 heavy (non-hydrogen) atoms. The lowest BCUT2D eigenvalue weighted by Gasteiger charge is -2.29. The Hall–Kier alpha value is -1.83. The second kappa shape index (κ2) is 11.3. The van der Waals surface area contributed by atoms with Gasteiger partial charge in [-0.05, 0) is 41.5 Å². The van der Waals surface area contributed by atoms with Gasteiger partial charge < -0.3 is 16.0 Å². The van der Waals surface area contributed by atoms with Gasteiger partial charge in [-0.3, -0.25) is 4.79 Å². The molecule has 3 aromatic rings. The van der Waals surface area contributed by atoms with Gasteiger partial charge in [0, 0.05) is 10.2 Å². The number of nitrogens with one attached hydrogen (secondary N) is 3. The quantitative estimate of drug-likeness (QED) is 0.183. The van der Waals surface area contributed by atoms with Crippen LogP contribution in [-0.4, -0.2) is 21.0 Å². The number of hydrogen-bond acceptors (Lipinski definition) is 2. The van der Waals surface area contributed by atoms with Crippen LogP contribution in [0.1, 0.15) is 17.0 Å². The van der Waals surface area contributed by atoms with Crippen molar-refractivity contribution in [1.82, 2.24) is 10.6 Å². The number of hydrogen-bond donors (Lipinski definition) is 3. The maximum absolute atomic E-state index is 13.4. The minimum Gasteiger partial charge on any atom is -0.339 e. The first kappa shape index (κ1) is 24.8. The van der Waals surface area contributed by atoms with Crippen LogP contribution in [0.25, 0.3) is 0 Å². The van der Waals surface area contributed by atoms with Crippen molar-refractivity contribution < 1.29 is 4.79 Å². The third-order valence-corrected chi connectivity index (χ3v) is 5.87. The van der Waals surface area contributed by atoms with Crippen molar-refractivity contribution in [2.75, 3.05) is 5.32 Å². The molecule has 3 N–H and O–H groups in total. The van der Waals surface area contributed by atoms with Crippen LogP contribution in [0.3, 0.4) is 0 Å². The highest BCUT2D eigenvalue weighted by molar-refractivity contribution is 9.10. The number of amides is 1. The van der Waals surface area contributed by atoms with Crippen LogP contribution in [0.4, 0.5) is 5.69 Å². The van der Waals surface area contributed by atoms with Crippen LogP contribution < -0.4 is 16.0 Å². The van der Waals surface area contributed by atoms with Gasteiger partial charge in [0.15, 0.2) is 5.11 Å². The number of alkyl halides is 3. The first-order valence-corrected chi connectivity index (χ1v) is 11.9. The molecule has 3 aromatic carbocycles. The van der Waals surface area contributed by atoms with Gasteiger partial charge in [-0.1, -0.05) is 117 Å². The molecule has 0 saturated heterocycles. The molecule has 1 amide bonds. The molecule has 4 nitrogen and oxygen atoms in total. The van der Waals surface area contributed by atoms with Gasteiger partial charge in [0.1, 0.15) is 6.17 Å². The molecule has 0 unspecified atom stereocenters. The maximum atomic E-state index is 13.4. The van der Waals surface area contributed by atoms with Gasteiger partial charge >= 0.3 is 0 Å². The number of carbonyl (C=O) groups excluding carboxylic acids is 1. The Morgan fingerprint density at radius 1 is 0.844 bits per heavy atom. The first-order chi connectivity index (χ1) is 15.2. The Morgan fingerprint density at radius 3 is 1.91 bits per heavy atom. The number of rotatable bonds is 6. The van der Waals surface area contributed by atoms with E-state index in [1.54, 1.807) is 0 Å². The van der Waals surface area contributed by atoms with Gasteiger partial charge in [-0.25, -0.2) is 0 Å². The average molecular weight is 572 g/mol. The standard InChI is InChI=1S/C23H19BrCl3N3OS/c24-17-12-7-13-18(14-17)28-22(32)30-21(23(25,26)27)29-20(31)19(15-8-3-1-4-9-15)16-10-5-2-6-11-16/h1-14,19,21H,(H,29,31)(H2,28,30,32)/t21-/m0/s1. The highest BCUT2D eigenvalue weighted by Gasteiger charge is 2.36. The molecule has 3 rings (SSSR count). The smallest absolute Gasteiger partial charge is 0.233 e. The summed E-state index contributed by atoms with van der Waals surface area (Å²) in [7, 11) is 0. The monoisotopic (exact) mass is 569 g/mol. The third kappa shape index (κ3) is 7.09. The Morgan fingerprint density at radius 2 is 1.41 bits per heavy atom. The van der Waals surface area contributed by atoms with Gasteiger partial charge in [-0.2, -0.15) is 0 Å². The van der Waals surface area contributed by atoms with Crippen molar-refractivity contribution in [3.8, 4) is 0 Å². The molecule has 0 aromatic heterocycles. The predicted octanol–water partition coefficient (Wildman–Crippen LogP) is 6.38. The molecular formula is C23H19BrCl3N3OS. The maximum Gasteiger partial charge on any atom is 0.233 e. The first-order valence-electron chi connectivity index (χ1n) is 9.54. The fourth-order valence-electron chi connectivity index (χ4n) is 3.08. The summed E-state index contributed by atoms with van der Waals surface area (Å²) in [5.41, 5.74) is 2.36. The Labute approximate surface area is 215 Å². The molecule has 9 heteroatoms. The van der Waals surface area contributed by atoms with Gasteiger partial charge in [0.2, 0.25) is 9.70 Å². The number of carbonyl (C=O) groups is 1. The zero-order chi connectivity index (χ0) is 23.1. The summed E-state index contributed by atoms with van der Waals surface area (Å²) in [4.78, 5) is 13.4. The number of thiocarbonyl (C=S) groups is 1. The molecule has 0 aliphatic heterocycles. The average Bonchev–Trinajstić information content (AvgIpc) is 2.74. The molecule has 166 valence electrons. The minimum atomic E-state index is -1.86. The van der Waals surface area contributed by atoms with Gasteiger partial charge in [0.05, 0.1) is 5.92 Å². The second-order valence-corrected chi connectivity index (χ2v) is 10.5. The van der Waals surface area contributed by atoms with Crippen molar-refractivity contribution in [2.24, 2.45) is 0 Å². The van der Waals surface area contributed by atoms with Gasteiger partial charge in [-0.15, -0.1) is 0 Å². The van der Waals surface area contributed by atoms with Crippen LogP contribution in [0.15, 0.2) is 89.4 Å². The van der Waals surface area contributed by atoms with E-state index in [0.29, 0.717) is 0 Å². The lowest BCUT2D eigenvalue weighted by molar-refractivity contribution is -0.122. The molecular weight excluding hydrogens is 553 g/mol. The molecule has 0 radical (unpaired) electrons. The zero-order valence-electron chi connectivity index (χ0n) is 16.6. The van der Waals surface area contributed by atoms with E-state index in [-0.39, 0.29) is 11.0 Å². The van der Waals surface area contributed by atoms with E-state index in [1.165, 1.54) is 0 Å². The summed E-state index contributed by atoms with van der Waals surface area (Å²) < 4.78 is -0.985. The van der Waals surface area contributed by atoms with Crippen molar-refractivity contribution >= 4 is 79.7 Å². The van der Waals surface area contributed by atoms with Crippen molar-refractivity contribution in [2.45, 2.75) is 15.9 Å². The molecule has 0 aliphatic carbocycles. The van der Waals surface area contributed by atoms with Crippen LogP contribution in [-0.2, 0) is 4.79 Å². The summed E-state index contributed by atoms with van der Waals surface area (Å²) in [6.07, 6.45) is -1.08. The molecule has 1 atom stereocenters. The molecule has 0 spiro atoms. The largest absolute Gasteiger partial charge is 0.339 e. The van der Waals surface area contributed by atoms with Crippen LogP contribution in [0, 0.1) is 0 Å². The van der Waals surface area contributed by atoms with Crippen LogP contribution in [0.5, 0.6) is 0 Å². The fourth-order valence-corrected chi connectivity index (χ4v) is 4.04. The minimum absolute atomic E-state index is 0.190. The number of benzene rings is 3. The summed E-state index contributed by atoms with van der Waals surface area (Å²) in [5, 5.41) is 8.90. The predicted molar refractivity (Wildman–Crippen MR) is 140 cm³/mol. The molecule has 0 bridgehead atoms. The molecule has 0 saturated carbocycles. The van der Waals surface area contributed by atoms with Crippen molar-refractivity contribution in [3.05, 3.63) is 101 Å². The van der Waals surface area contributed by atoms with Gasteiger partial charge in [0.25, 0.3) is 0 Å². The molecule has 0 heterocycles. The summed E-state index contributed by atoms with van der Waals surface area (Å²) in [6.45, 7) is 0. The Bertz CT molecular complexity index is 1030. The molecule has 0 aliphatic rings. The normalized spacial score (nSPS) is 12.2. The van der Waals surface area contributed by atoms with Crippen molar-refractivity contribution in [3.63, 3.8) is 0 Å². The number of halogens is 4. The second-order valence-electron chi connectivity index (χ2n) is 6.85. The van der Waals surface area contributed by atoms with E-state index >= 15 is 0 Å². The topological polar surface area (TPSA) is 53.2 Å².